The van der Waals surface area contributed by atoms with E-state index < -0.39 is 11.6 Å². The van der Waals surface area contributed by atoms with Crippen LogP contribution in [0.2, 0.25) is 0 Å². The van der Waals surface area contributed by atoms with Gasteiger partial charge in [0.25, 0.3) is 5.91 Å². The first kappa shape index (κ1) is 21.2. The van der Waals surface area contributed by atoms with Crippen LogP contribution >= 0.6 is 0 Å². The number of carbonyl (C=O) groups is 3. The first-order valence-electron chi connectivity index (χ1n) is 11.2. The number of imide groups is 1. The molecule has 1 aliphatic carbocycles. The monoisotopic (exact) mass is 443 g/mol. The largest absolute Gasteiger partial charge is 0.339 e. The molecule has 1 N–H and O–H groups in total. The summed E-state index contributed by atoms with van der Waals surface area (Å²) in [5.41, 5.74) is 2.63. The van der Waals surface area contributed by atoms with E-state index in [2.05, 4.69) is 16.3 Å². The topological polar surface area (TPSA) is 96.8 Å². The van der Waals surface area contributed by atoms with E-state index in [1.807, 2.05) is 48.5 Å². The maximum atomic E-state index is 13.3. The fourth-order valence-electron chi connectivity index (χ4n) is 5.07. The van der Waals surface area contributed by atoms with E-state index in [4.69, 9.17) is 5.26 Å². The lowest BCUT2D eigenvalue weighted by Crippen LogP contribution is -2.51. The average Bonchev–Trinajstić information content (AvgIpc) is 3.33. The molecular formula is C25H25N5O3. The molecule has 33 heavy (non-hydrogen) atoms. The van der Waals surface area contributed by atoms with Crippen molar-refractivity contribution in [2.45, 2.75) is 24.9 Å². The number of hydrogen-bond acceptors (Lipinski definition) is 5. The van der Waals surface area contributed by atoms with Crippen LogP contribution in [0.15, 0.2) is 48.5 Å². The second-order valence-corrected chi connectivity index (χ2v) is 8.85. The maximum absolute atomic E-state index is 13.3. The zero-order valence-electron chi connectivity index (χ0n) is 18.3. The van der Waals surface area contributed by atoms with Gasteiger partial charge in [-0.3, -0.25) is 19.4 Å². The fourth-order valence-corrected chi connectivity index (χ4v) is 5.07. The predicted molar refractivity (Wildman–Crippen MR) is 120 cm³/mol. The highest BCUT2D eigenvalue weighted by Crippen LogP contribution is 2.41. The number of benzene rings is 2. The number of piperazine rings is 1. The van der Waals surface area contributed by atoms with Crippen molar-refractivity contribution in [2.75, 3.05) is 32.7 Å². The van der Waals surface area contributed by atoms with Gasteiger partial charge < -0.3 is 10.2 Å². The molecule has 0 unspecified atom stereocenters. The lowest BCUT2D eigenvalue weighted by molar-refractivity contribution is -0.140. The Bertz CT molecular complexity index is 1150. The predicted octanol–water partition coefficient (Wildman–Crippen LogP) is 1.60. The highest BCUT2D eigenvalue weighted by molar-refractivity contribution is 6.09. The Balaban J connectivity index is 1.18. The van der Waals surface area contributed by atoms with Gasteiger partial charge in [-0.15, -0.1) is 0 Å². The normalized spacial score (nSPS) is 22.4. The maximum Gasteiger partial charge on any atom is 0.325 e. The van der Waals surface area contributed by atoms with Gasteiger partial charge in [0.1, 0.15) is 12.1 Å². The van der Waals surface area contributed by atoms with E-state index in [-0.39, 0.29) is 18.4 Å². The van der Waals surface area contributed by atoms with Crippen LogP contribution in [0.5, 0.6) is 0 Å². The van der Waals surface area contributed by atoms with Crippen molar-refractivity contribution in [1.82, 2.24) is 20.0 Å². The minimum absolute atomic E-state index is 0.208. The number of nitriles is 1. The molecule has 0 radical (unpaired) electrons. The summed E-state index contributed by atoms with van der Waals surface area (Å²) in [5.74, 6) is -0.537. The molecule has 2 aliphatic heterocycles. The quantitative estimate of drug-likeness (QED) is 0.724. The van der Waals surface area contributed by atoms with Gasteiger partial charge >= 0.3 is 6.03 Å². The van der Waals surface area contributed by atoms with Crippen molar-refractivity contribution in [3.05, 3.63) is 70.8 Å². The molecule has 3 aliphatic rings. The number of fused-ring (bicyclic) bond motifs is 2. The Morgan fingerprint density at radius 1 is 1.03 bits per heavy atom. The molecule has 5 rings (SSSR count). The van der Waals surface area contributed by atoms with Crippen molar-refractivity contribution in [2.24, 2.45) is 0 Å². The molecule has 2 aromatic carbocycles. The smallest absolute Gasteiger partial charge is 0.325 e. The van der Waals surface area contributed by atoms with Gasteiger partial charge in [-0.1, -0.05) is 36.4 Å². The molecule has 2 fully saturated rings. The molecule has 2 heterocycles. The van der Waals surface area contributed by atoms with Gasteiger partial charge in [0.05, 0.1) is 11.6 Å². The van der Waals surface area contributed by atoms with E-state index in [9.17, 15) is 14.4 Å². The third kappa shape index (κ3) is 3.74. The number of urea groups is 1. The minimum atomic E-state index is -1.03. The average molecular weight is 444 g/mol. The Hall–Kier alpha value is -3.70. The standard InChI is InChI=1S/C25H25N5O3/c26-15-18-5-7-19(8-6-18)16-28-11-13-29(14-12-28)22(31)17-30-23(32)25(27-24(30)33)10-9-20-3-1-2-4-21(20)25/h1-8H,9-14,16-17H2,(H,27,33)/t25-/m1/s1. The van der Waals surface area contributed by atoms with Crippen LogP contribution in [0.1, 0.15) is 28.7 Å². The van der Waals surface area contributed by atoms with Gasteiger partial charge in [-0.25, -0.2) is 4.79 Å². The lowest BCUT2D eigenvalue weighted by atomic mass is 9.92. The lowest BCUT2D eigenvalue weighted by Gasteiger charge is -2.35. The van der Waals surface area contributed by atoms with Crippen molar-refractivity contribution in [1.29, 1.82) is 5.26 Å². The Morgan fingerprint density at radius 2 is 1.76 bits per heavy atom. The molecular weight excluding hydrogens is 418 g/mol. The van der Waals surface area contributed by atoms with Gasteiger partial charge in [0.2, 0.25) is 5.91 Å². The minimum Gasteiger partial charge on any atom is -0.339 e. The van der Waals surface area contributed by atoms with Gasteiger partial charge in [0, 0.05) is 32.7 Å². The number of aryl methyl sites for hydroxylation is 1. The molecule has 1 spiro atoms. The summed E-state index contributed by atoms with van der Waals surface area (Å²) in [5, 5.41) is 11.8. The van der Waals surface area contributed by atoms with E-state index in [0.717, 1.165) is 34.6 Å². The van der Waals surface area contributed by atoms with Gasteiger partial charge in [-0.05, 0) is 41.7 Å². The fraction of sp³-hybridized carbons (Fsp3) is 0.360. The summed E-state index contributed by atoms with van der Waals surface area (Å²) in [7, 11) is 0. The van der Waals surface area contributed by atoms with Crippen molar-refractivity contribution >= 4 is 17.8 Å². The third-order valence-corrected chi connectivity index (χ3v) is 6.93. The van der Waals surface area contributed by atoms with Crippen molar-refractivity contribution in [3.8, 4) is 6.07 Å². The Morgan fingerprint density at radius 3 is 2.48 bits per heavy atom. The number of rotatable bonds is 4. The third-order valence-electron chi connectivity index (χ3n) is 6.93. The second-order valence-electron chi connectivity index (χ2n) is 8.85. The number of amides is 4. The highest BCUT2D eigenvalue weighted by Gasteiger charge is 2.55. The van der Waals surface area contributed by atoms with Gasteiger partial charge in [-0.2, -0.15) is 5.26 Å². The first-order valence-corrected chi connectivity index (χ1v) is 11.2. The molecule has 0 aromatic heterocycles. The van der Waals surface area contributed by atoms with Crippen LogP contribution in [0.25, 0.3) is 0 Å². The number of nitrogens with one attached hydrogen (secondary N) is 1. The highest BCUT2D eigenvalue weighted by atomic mass is 16.2. The Kier molecular flexibility index (Phi) is 5.35. The van der Waals surface area contributed by atoms with Crippen molar-refractivity contribution < 1.29 is 14.4 Å². The van der Waals surface area contributed by atoms with Crippen molar-refractivity contribution in [3.63, 3.8) is 0 Å². The summed E-state index contributed by atoms with van der Waals surface area (Å²) in [4.78, 5) is 43.9. The molecule has 1 atom stereocenters. The van der Waals surface area contributed by atoms with Gasteiger partial charge in [0.15, 0.2) is 0 Å². The summed E-state index contributed by atoms with van der Waals surface area (Å²) in [6.07, 6.45) is 1.25. The molecule has 4 amide bonds. The van der Waals surface area contributed by atoms with Crippen LogP contribution in [-0.2, 0) is 28.1 Å². The zero-order chi connectivity index (χ0) is 23.0. The van der Waals surface area contributed by atoms with Crippen LogP contribution in [0.3, 0.4) is 0 Å². The van der Waals surface area contributed by atoms with Crippen LogP contribution in [0, 0.1) is 11.3 Å². The molecule has 8 nitrogen and oxygen atoms in total. The molecule has 2 saturated heterocycles. The van der Waals surface area contributed by atoms with Crippen LogP contribution in [0.4, 0.5) is 4.79 Å². The summed E-state index contributed by atoms with van der Waals surface area (Å²) in [6, 6.07) is 16.8. The number of nitrogens with zero attached hydrogens (tertiary/aromatic N) is 4. The van der Waals surface area contributed by atoms with Crippen LogP contribution < -0.4 is 5.32 Å². The van der Waals surface area contributed by atoms with E-state index in [1.165, 1.54) is 0 Å². The summed E-state index contributed by atoms with van der Waals surface area (Å²) >= 11 is 0. The molecule has 0 saturated carbocycles. The van der Waals surface area contributed by atoms with E-state index in [1.54, 1.807) is 4.90 Å². The molecule has 2 aromatic rings. The SMILES string of the molecule is N#Cc1ccc(CN2CCN(C(=O)CN3C(=O)N[C@@]4(CCc5ccccc54)C3=O)CC2)cc1. The summed E-state index contributed by atoms with van der Waals surface area (Å²) in [6.45, 7) is 3.04. The number of hydrogen-bond donors (Lipinski definition) is 1. The van der Waals surface area contributed by atoms with E-state index >= 15 is 0 Å². The second kappa shape index (κ2) is 8.34. The first-order chi connectivity index (χ1) is 16.0. The molecule has 168 valence electrons. The summed E-state index contributed by atoms with van der Waals surface area (Å²) < 4.78 is 0. The molecule has 0 bridgehead atoms. The van der Waals surface area contributed by atoms with E-state index in [0.29, 0.717) is 38.2 Å². The zero-order valence-corrected chi connectivity index (χ0v) is 18.3. The van der Waals surface area contributed by atoms with Crippen LogP contribution in [-0.4, -0.2) is 65.3 Å². The number of carbonyl (C=O) groups excluding carboxylic acids is 3. The Labute approximate surface area is 192 Å². The molecule has 8 heteroatoms.